The van der Waals surface area contributed by atoms with Gasteiger partial charge in [-0.3, -0.25) is 4.79 Å². The molecular weight excluding hydrogens is 468 g/mol. The van der Waals surface area contributed by atoms with Crippen LogP contribution in [0, 0.1) is 6.92 Å². The molecule has 5 rings (SSSR count). The molecule has 1 heterocycles. The molecule has 4 nitrogen and oxygen atoms in total. The van der Waals surface area contributed by atoms with Crippen molar-refractivity contribution in [1.29, 1.82) is 0 Å². The maximum absolute atomic E-state index is 14.1. The highest BCUT2D eigenvalue weighted by atomic mass is 16.5. The summed E-state index contributed by atoms with van der Waals surface area (Å²) in [6.07, 6.45) is 1.37. The number of rotatable bonds is 9. The summed E-state index contributed by atoms with van der Waals surface area (Å²) in [6, 6.07) is 38.2. The van der Waals surface area contributed by atoms with Crippen molar-refractivity contribution in [2.75, 3.05) is 0 Å². The minimum absolute atomic E-state index is 0.0595. The second kappa shape index (κ2) is 11.7. The maximum atomic E-state index is 14.1. The minimum atomic E-state index is -0.184. The first-order valence-electron chi connectivity index (χ1n) is 13.1. The van der Waals surface area contributed by atoms with E-state index in [1.165, 1.54) is 5.56 Å². The summed E-state index contributed by atoms with van der Waals surface area (Å²) in [7, 11) is 0. The van der Waals surface area contributed by atoms with Gasteiger partial charge in [-0.2, -0.15) is 5.10 Å². The van der Waals surface area contributed by atoms with Gasteiger partial charge in [-0.05, 0) is 49.4 Å². The Hall–Kier alpha value is -4.44. The van der Waals surface area contributed by atoms with Crippen molar-refractivity contribution in [1.82, 2.24) is 9.78 Å². The second-order valence-corrected chi connectivity index (χ2v) is 9.53. The SMILES string of the molecule is Cc1nn(C(C)c2ccccc2)c(=O)c(CCc2ccccc2)c1-c1ccccc1OCc1ccccc1. The van der Waals surface area contributed by atoms with Crippen LogP contribution >= 0.6 is 0 Å². The van der Waals surface area contributed by atoms with Crippen molar-refractivity contribution in [3.63, 3.8) is 0 Å². The van der Waals surface area contributed by atoms with Crippen LogP contribution in [0.25, 0.3) is 11.1 Å². The normalized spacial score (nSPS) is 11.7. The van der Waals surface area contributed by atoms with Gasteiger partial charge in [0, 0.05) is 16.7 Å². The van der Waals surface area contributed by atoms with Crippen molar-refractivity contribution in [2.24, 2.45) is 0 Å². The van der Waals surface area contributed by atoms with E-state index in [0.29, 0.717) is 13.0 Å². The fraction of sp³-hybridized carbons (Fsp3) is 0.176. The van der Waals surface area contributed by atoms with Gasteiger partial charge in [-0.25, -0.2) is 4.68 Å². The Morgan fingerprint density at radius 3 is 2.00 bits per heavy atom. The van der Waals surface area contributed by atoms with Gasteiger partial charge in [0.15, 0.2) is 0 Å². The summed E-state index contributed by atoms with van der Waals surface area (Å²) >= 11 is 0. The molecule has 0 amide bonds. The number of hydrogen-bond donors (Lipinski definition) is 0. The van der Waals surface area contributed by atoms with Crippen LogP contribution in [0.5, 0.6) is 5.75 Å². The van der Waals surface area contributed by atoms with E-state index in [2.05, 4.69) is 12.1 Å². The number of ether oxygens (including phenoxy) is 1. The van der Waals surface area contributed by atoms with Gasteiger partial charge in [0.25, 0.3) is 5.56 Å². The van der Waals surface area contributed by atoms with Gasteiger partial charge in [0.2, 0.25) is 0 Å². The molecule has 0 saturated carbocycles. The fourth-order valence-electron chi connectivity index (χ4n) is 4.89. The van der Waals surface area contributed by atoms with E-state index in [1.54, 1.807) is 4.68 Å². The first kappa shape index (κ1) is 25.2. The van der Waals surface area contributed by atoms with Crippen molar-refractivity contribution in [2.45, 2.75) is 39.3 Å². The van der Waals surface area contributed by atoms with E-state index in [1.807, 2.05) is 117 Å². The molecule has 38 heavy (non-hydrogen) atoms. The Balaban J connectivity index is 1.59. The van der Waals surface area contributed by atoms with Crippen LogP contribution < -0.4 is 10.3 Å². The first-order chi connectivity index (χ1) is 18.6. The van der Waals surface area contributed by atoms with E-state index in [9.17, 15) is 4.79 Å². The monoisotopic (exact) mass is 500 g/mol. The molecule has 0 radical (unpaired) electrons. The third-order valence-electron chi connectivity index (χ3n) is 6.94. The molecule has 0 aliphatic carbocycles. The van der Waals surface area contributed by atoms with Crippen LogP contribution in [0.15, 0.2) is 120 Å². The second-order valence-electron chi connectivity index (χ2n) is 9.53. The number of aromatic nitrogens is 2. The van der Waals surface area contributed by atoms with Crippen LogP contribution in [0.2, 0.25) is 0 Å². The molecule has 0 saturated heterocycles. The van der Waals surface area contributed by atoms with Gasteiger partial charge >= 0.3 is 0 Å². The summed E-state index contributed by atoms with van der Waals surface area (Å²) in [5.74, 6) is 0.746. The largest absolute Gasteiger partial charge is 0.488 e. The molecule has 0 fully saturated rings. The number of para-hydroxylation sites is 1. The highest BCUT2D eigenvalue weighted by molar-refractivity contribution is 5.75. The zero-order chi connectivity index (χ0) is 26.3. The first-order valence-corrected chi connectivity index (χ1v) is 13.1. The van der Waals surface area contributed by atoms with E-state index < -0.39 is 0 Å². The van der Waals surface area contributed by atoms with Crippen LogP contribution in [0.3, 0.4) is 0 Å². The van der Waals surface area contributed by atoms with Gasteiger partial charge in [-0.1, -0.05) is 109 Å². The minimum Gasteiger partial charge on any atom is -0.488 e. The topological polar surface area (TPSA) is 44.1 Å². The molecule has 4 aromatic carbocycles. The Morgan fingerprint density at radius 1 is 0.737 bits per heavy atom. The van der Waals surface area contributed by atoms with Gasteiger partial charge < -0.3 is 4.74 Å². The molecule has 1 unspecified atom stereocenters. The van der Waals surface area contributed by atoms with E-state index in [0.717, 1.165) is 45.7 Å². The summed E-state index contributed by atoms with van der Waals surface area (Å²) in [5, 5.41) is 4.85. The molecule has 190 valence electrons. The molecule has 0 bridgehead atoms. The predicted octanol–water partition coefficient (Wildman–Crippen LogP) is 7.19. The zero-order valence-electron chi connectivity index (χ0n) is 21.9. The molecule has 0 aliphatic heterocycles. The van der Waals surface area contributed by atoms with Crippen molar-refractivity contribution < 1.29 is 4.74 Å². The van der Waals surface area contributed by atoms with Crippen LogP contribution in [-0.2, 0) is 19.4 Å². The average Bonchev–Trinajstić information content (AvgIpc) is 2.97. The average molecular weight is 501 g/mol. The Bertz CT molecular complexity index is 1540. The van der Waals surface area contributed by atoms with Gasteiger partial charge in [-0.15, -0.1) is 0 Å². The molecule has 1 aromatic heterocycles. The third-order valence-corrected chi connectivity index (χ3v) is 6.94. The number of nitrogens with zero attached hydrogens (tertiary/aromatic N) is 2. The molecule has 0 N–H and O–H groups in total. The quantitative estimate of drug-likeness (QED) is 0.215. The fourth-order valence-corrected chi connectivity index (χ4v) is 4.89. The van der Waals surface area contributed by atoms with Crippen molar-refractivity contribution in [3.8, 4) is 16.9 Å². The van der Waals surface area contributed by atoms with Crippen molar-refractivity contribution in [3.05, 3.63) is 154 Å². The number of hydrogen-bond acceptors (Lipinski definition) is 3. The van der Waals surface area contributed by atoms with Crippen molar-refractivity contribution >= 4 is 0 Å². The van der Waals surface area contributed by atoms with Crippen LogP contribution in [-0.4, -0.2) is 9.78 Å². The van der Waals surface area contributed by atoms with Gasteiger partial charge in [0.05, 0.1) is 11.7 Å². The Kier molecular flexibility index (Phi) is 7.79. The predicted molar refractivity (Wildman–Crippen MR) is 154 cm³/mol. The van der Waals surface area contributed by atoms with Gasteiger partial charge in [0.1, 0.15) is 12.4 Å². The molecule has 5 aromatic rings. The lowest BCUT2D eigenvalue weighted by Gasteiger charge is -2.21. The van der Waals surface area contributed by atoms with Crippen LogP contribution in [0.1, 0.15) is 40.9 Å². The van der Waals surface area contributed by atoms with Crippen LogP contribution in [0.4, 0.5) is 0 Å². The summed E-state index contributed by atoms with van der Waals surface area (Å²) < 4.78 is 7.94. The summed E-state index contributed by atoms with van der Waals surface area (Å²) in [4.78, 5) is 14.1. The third kappa shape index (κ3) is 5.60. The lowest BCUT2D eigenvalue weighted by atomic mass is 9.94. The number of aryl methyl sites for hydroxylation is 2. The highest BCUT2D eigenvalue weighted by Crippen LogP contribution is 2.34. The molecular formula is C34H32N2O2. The standard InChI is InChI=1S/C34H32N2O2/c1-25-33(30-20-12-13-21-32(30)38-24-28-16-8-4-9-17-28)31(23-22-27-14-6-3-7-15-27)34(37)36(35-25)26(2)29-18-10-5-11-19-29/h3-21,26H,22-24H2,1-2H3. The summed E-state index contributed by atoms with van der Waals surface area (Å²) in [5.41, 5.74) is 6.62. The molecule has 1 atom stereocenters. The highest BCUT2D eigenvalue weighted by Gasteiger charge is 2.22. The molecule has 0 spiro atoms. The zero-order valence-corrected chi connectivity index (χ0v) is 21.9. The Morgan fingerprint density at radius 2 is 1.32 bits per heavy atom. The lowest BCUT2D eigenvalue weighted by molar-refractivity contribution is 0.307. The maximum Gasteiger partial charge on any atom is 0.271 e. The summed E-state index contributed by atoms with van der Waals surface area (Å²) in [6.45, 7) is 4.47. The lowest BCUT2D eigenvalue weighted by Crippen LogP contribution is -2.31. The van der Waals surface area contributed by atoms with E-state index in [-0.39, 0.29) is 11.6 Å². The Labute approximate surface area is 224 Å². The van der Waals surface area contributed by atoms with E-state index >= 15 is 0 Å². The van der Waals surface area contributed by atoms with E-state index in [4.69, 9.17) is 9.84 Å². The molecule has 4 heteroatoms. The smallest absolute Gasteiger partial charge is 0.271 e. The number of benzene rings is 4. The molecule has 0 aliphatic rings.